The van der Waals surface area contributed by atoms with Gasteiger partial charge in [0.05, 0.1) is 22.9 Å². The maximum atomic E-state index is 12.6. The summed E-state index contributed by atoms with van der Waals surface area (Å²) in [5, 5.41) is 12.5. The van der Waals surface area contributed by atoms with Gasteiger partial charge >= 0.3 is 0 Å². The molecule has 1 aliphatic heterocycles. The van der Waals surface area contributed by atoms with E-state index in [0.717, 1.165) is 73.2 Å². The zero-order chi connectivity index (χ0) is 23.8. The first-order chi connectivity index (χ1) is 17.2. The monoisotopic (exact) mass is 489 g/mol. The van der Waals surface area contributed by atoms with Crippen LogP contribution in [0.1, 0.15) is 24.5 Å². The van der Waals surface area contributed by atoms with Crippen molar-refractivity contribution >= 4 is 33.6 Å². The van der Waals surface area contributed by atoms with Crippen molar-refractivity contribution in [3.05, 3.63) is 64.8 Å². The number of aliphatic hydroxyl groups is 1. The SMILES string of the molecule is O=c1ccnc2sc(-c3ccnc(Nc4cccc(N5CCN(CCO)CC5)c4)n3)c(C3CC3)n12. The number of anilines is 3. The van der Waals surface area contributed by atoms with E-state index in [-0.39, 0.29) is 12.2 Å². The summed E-state index contributed by atoms with van der Waals surface area (Å²) in [6.45, 7) is 4.68. The van der Waals surface area contributed by atoms with Crippen LogP contribution in [0.2, 0.25) is 0 Å². The second kappa shape index (κ2) is 9.37. The molecule has 4 heterocycles. The molecule has 2 aliphatic rings. The summed E-state index contributed by atoms with van der Waals surface area (Å²) in [5.41, 5.74) is 3.86. The molecule has 1 saturated carbocycles. The minimum Gasteiger partial charge on any atom is -0.395 e. The normalized spacial score (nSPS) is 16.7. The molecule has 35 heavy (non-hydrogen) atoms. The van der Waals surface area contributed by atoms with E-state index in [9.17, 15) is 9.90 Å². The Morgan fingerprint density at radius 3 is 2.69 bits per heavy atom. The first-order valence-electron chi connectivity index (χ1n) is 12.0. The van der Waals surface area contributed by atoms with Gasteiger partial charge in [-0.15, -0.1) is 0 Å². The predicted octanol–water partition coefficient (Wildman–Crippen LogP) is 2.95. The van der Waals surface area contributed by atoms with Gasteiger partial charge in [-0.1, -0.05) is 17.4 Å². The zero-order valence-corrected chi connectivity index (χ0v) is 20.1. The summed E-state index contributed by atoms with van der Waals surface area (Å²) in [6.07, 6.45) is 5.49. The van der Waals surface area contributed by atoms with Crippen LogP contribution < -0.4 is 15.8 Å². The van der Waals surface area contributed by atoms with Crippen LogP contribution in [0.15, 0.2) is 53.6 Å². The third-order valence-electron chi connectivity index (χ3n) is 6.59. The van der Waals surface area contributed by atoms with Gasteiger partial charge in [0, 0.05) is 68.5 Å². The minimum absolute atomic E-state index is 0.0409. The molecule has 0 radical (unpaired) electrons. The molecule has 10 heteroatoms. The lowest BCUT2D eigenvalue weighted by molar-refractivity contribution is 0.189. The summed E-state index contributed by atoms with van der Waals surface area (Å²) >= 11 is 1.51. The molecule has 1 aliphatic carbocycles. The van der Waals surface area contributed by atoms with Crippen LogP contribution in [-0.2, 0) is 0 Å². The second-order valence-electron chi connectivity index (χ2n) is 8.98. The van der Waals surface area contributed by atoms with E-state index >= 15 is 0 Å². The van der Waals surface area contributed by atoms with Gasteiger partial charge in [-0.3, -0.25) is 14.1 Å². The van der Waals surface area contributed by atoms with Crippen molar-refractivity contribution < 1.29 is 5.11 Å². The van der Waals surface area contributed by atoms with Crippen LogP contribution in [-0.4, -0.2) is 68.7 Å². The number of thiazole rings is 1. The highest BCUT2D eigenvalue weighted by molar-refractivity contribution is 7.20. The van der Waals surface area contributed by atoms with Gasteiger partial charge in [0.25, 0.3) is 5.56 Å². The van der Waals surface area contributed by atoms with Crippen molar-refractivity contribution in [2.45, 2.75) is 18.8 Å². The first-order valence-corrected chi connectivity index (χ1v) is 12.8. The quantitative estimate of drug-likeness (QED) is 0.409. The van der Waals surface area contributed by atoms with Gasteiger partial charge in [-0.2, -0.15) is 0 Å². The number of nitrogens with zero attached hydrogens (tertiary/aromatic N) is 6. The molecule has 0 amide bonds. The van der Waals surface area contributed by atoms with Crippen molar-refractivity contribution in [3.63, 3.8) is 0 Å². The van der Waals surface area contributed by atoms with E-state index in [1.165, 1.54) is 17.4 Å². The van der Waals surface area contributed by atoms with Gasteiger partial charge in [0.2, 0.25) is 5.95 Å². The van der Waals surface area contributed by atoms with Crippen molar-refractivity contribution in [1.82, 2.24) is 24.3 Å². The van der Waals surface area contributed by atoms with Crippen LogP contribution in [0, 0.1) is 0 Å². The van der Waals surface area contributed by atoms with Crippen molar-refractivity contribution in [2.75, 3.05) is 49.5 Å². The highest BCUT2D eigenvalue weighted by Crippen LogP contribution is 2.46. The van der Waals surface area contributed by atoms with Gasteiger partial charge < -0.3 is 15.3 Å². The van der Waals surface area contributed by atoms with Crippen molar-refractivity contribution in [3.8, 4) is 10.6 Å². The molecule has 1 aromatic carbocycles. The third kappa shape index (κ3) is 4.52. The number of aliphatic hydroxyl groups excluding tert-OH is 1. The lowest BCUT2D eigenvalue weighted by atomic mass is 10.2. The van der Waals surface area contributed by atoms with E-state index in [1.54, 1.807) is 16.8 Å². The maximum absolute atomic E-state index is 12.6. The van der Waals surface area contributed by atoms with Crippen LogP contribution in [0.3, 0.4) is 0 Å². The van der Waals surface area contributed by atoms with E-state index in [4.69, 9.17) is 4.98 Å². The van der Waals surface area contributed by atoms with Crippen LogP contribution >= 0.6 is 11.3 Å². The molecule has 6 rings (SSSR count). The van der Waals surface area contributed by atoms with E-state index < -0.39 is 0 Å². The predicted molar refractivity (Wildman–Crippen MR) is 138 cm³/mol. The summed E-state index contributed by atoms with van der Waals surface area (Å²) < 4.78 is 1.75. The van der Waals surface area contributed by atoms with Crippen molar-refractivity contribution in [2.24, 2.45) is 0 Å². The highest BCUT2D eigenvalue weighted by atomic mass is 32.1. The Morgan fingerprint density at radius 1 is 1.06 bits per heavy atom. The Labute approximate surface area is 206 Å². The fourth-order valence-corrected chi connectivity index (χ4v) is 5.82. The Kier molecular flexibility index (Phi) is 5.93. The number of benzene rings is 1. The molecule has 4 aromatic rings. The smallest absolute Gasteiger partial charge is 0.258 e. The Bertz CT molecular complexity index is 1410. The topological polar surface area (TPSA) is 98.9 Å². The zero-order valence-electron chi connectivity index (χ0n) is 19.3. The van der Waals surface area contributed by atoms with E-state index in [2.05, 4.69) is 37.2 Å². The van der Waals surface area contributed by atoms with Gasteiger partial charge in [-0.05, 0) is 37.1 Å². The van der Waals surface area contributed by atoms with E-state index in [0.29, 0.717) is 16.8 Å². The summed E-state index contributed by atoms with van der Waals surface area (Å²) in [5.74, 6) is 0.897. The van der Waals surface area contributed by atoms with Gasteiger partial charge in [0.15, 0.2) is 4.96 Å². The molecule has 1 saturated heterocycles. The maximum Gasteiger partial charge on any atom is 0.258 e. The third-order valence-corrected chi connectivity index (χ3v) is 7.68. The van der Waals surface area contributed by atoms with Crippen LogP contribution in [0.5, 0.6) is 0 Å². The van der Waals surface area contributed by atoms with Gasteiger partial charge in [-0.25, -0.2) is 15.0 Å². The number of aromatic nitrogens is 4. The Morgan fingerprint density at radius 2 is 1.89 bits per heavy atom. The second-order valence-corrected chi connectivity index (χ2v) is 9.96. The Hall–Kier alpha value is -3.34. The molecular formula is C25H27N7O2S. The average Bonchev–Trinajstić information content (AvgIpc) is 3.64. The molecule has 2 N–H and O–H groups in total. The molecule has 0 bridgehead atoms. The molecule has 2 fully saturated rings. The van der Waals surface area contributed by atoms with Crippen LogP contribution in [0.4, 0.5) is 17.3 Å². The standard InChI is InChI=1S/C25H27N7O2S/c33-15-14-30-10-12-31(13-11-30)19-3-1-2-18(16-19)28-24-26-8-6-20(29-24)23-22(17-4-5-17)32-21(34)7-9-27-25(32)35-23/h1-3,6-9,16-17,33H,4-5,10-15H2,(H,26,28,29). The lowest BCUT2D eigenvalue weighted by Crippen LogP contribution is -2.47. The van der Waals surface area contributed by atoms with Crippen molar-refractivity contribution in [1.29, 1.82) is 0 Å². The largest absolute Gasteiger partial charge is 0.395 e. The number of β-amino-alcohol motifs (C(OH)–C–C–N with tert-alkyl or cyclic N) is 1. The summed E-state index contributed by atoms with van der Waals surface area (Å²) in [4.78, 5) is 32.6. The highest BCUT2D eigenvalue weighted by Gasteiger charge is 2.32. The summed E-state index contributed by atoms with van der Waals surface area (Å²) in [7, 11) is 0. The molecule has 3 aromatic heterocycles. The van der Waals surface area contributed by atoms with Gasteiger partial charge in [0.1, 0.15) is 0 Å². The molecular weight excluding hydrogens is 462 g/mol. The van der Waals surface area contributed by atoms with E-state index in [1.807, 2.05) is 18.2 Å². The molecule has 9 nitrogen and oxygen atoms in total. The fraction of sp³-hybridized carbons (Fsp3) is 0.360. The number of fused-ring (bicyclic) bond motifs is 1. The summed E-state index contributed by atoms with van der Waals surface area (Å²) in [6, 6.07) is 11.7. The number of hydrogen-bond acceptors (Lipinski definition) is 9. The molecule has 0 atom stereocenters. The number of nitrogens with one attached hydrogen (secondary N) is 1. The Balaban J connectivity index is 1.25. The number of piperazine rings is 1. The molecule has 180 valence electrons. The fourth-order valence-electron chi connectivity index (χ4n) is 4.66. The molecule has 0 unspecified atom stereocenters. The number of hydrogen-bond donors (Lipinski definition) is 2. The average molecular weight is 490 g/mol. The van der Waals surface area contributed by atoms with Crippen LogP contribution in [0.25, 0.3) is 15.5 Å². The molecule has 0 spiro atoms. The lowest BCUT2D eigenvalue weighted by Gasteiger charge is -2.35. The first kappa shape index (κ1) is 22.1. The number of rotatable bonds is 7. The minimum atomic E-state index is -0.0409.